The number of aromatic carboxylic acids is 1. The number of carbonyl (C=O) groups excluding carboxylic acids is 1. The van der Waals surface area contributed by atoms with E-state index in [0.29, 0.717) is 16.3 Å². The largest absolute Gasteiger partial charge is 0.496 e. The van der Waals surface area contributed by atoms with Crippen molar-refractivity contribution in [1.82, 2.24) is 4.98 Å². The van der Waals surface area contributed by atoms with Gasteiger partial charge in [-0.05, 0) is 25.5 Å². The molecule has 0 saturated carbocycles. The predicted octanol–water partition coefficient (Wildman–Crippen LogP) is 2.97. The summed E-state index contributed by atoms with van der Waals surface area (Å²) in [5.74, 6) is -1.15. The fourth-order valence-electron chi connectivity index (χ4n) is 1.95. The molecule has 2 N–H and O–H groups in total. The van der Waals surface area contributed by atoms with Crippen molar-refractivity contribution in [2.24, 2.45) is 0 Å². The van der Waals surface area contributed by atoms with Crippen molar-refractivity contribution in [2.45, 2.75) is 20.3 Å². The fraction of sp³-hybridized carbons (Fsp3) is 0.267. The predicted molar refractivity (Wildman–Crippen MR) is 84.1 cm³/mol. The molecule has 0 aliphatic carbocycles. The number of rotatable bonds is 5. The zero-order chi connectivity index (χ0) is 16.3. The molecule has 0 atom stereocenters. The molecule has 116 valence electrons. The van der Waals surface area contributed by atoms with Crippen LogP contribution in [0.5, 0.6) is 5.75 Å². The minimum atomic E-state index is -1.08. The van der Waals surface area contributed by atoms with Gasteiger partial charge in [-0.2, -0.15) is 0 Å². The molecule has 1 aromatic heterocycles. The lowest BCUT2D eigenvalue weighted by Gasteiger charge is -2.09. The quantitative estimate of drug-likeness (QED) is 0.884. The molecule has 6 nitrogen and oxygen atoms in total. The van der Waals surface area contributed by atoms with E-state index in [4.69, 9.17) is 9.84 Å². The first-order chi connectivity index (χ1) is 10.5. The Bertz CT molecular complexity index is 724. The van der Waals surface area contributed by atoms with Crippen molar-refractivity contribution in [3.8, 4) is 5.75 Å². The van der Waals surface area contributed by atoms with Crippen LogP contribution < -0.4 is 10.1 Å². The zero-order valence-corrected chi connectivity index (χ0v) is 13.3. The summed E-state index contributed by atoms with van der Waals surface area (Å²) < 4.78 is 5.04. The van der Waals surface area contributed by atoms with E-state index in [1.165, 1.54) is 36.6 Å². The van der Waals surface area contributed by atoms with Crippen molar-refractivity contribution in [1.29, 1.82) is 0 Å². The molecule has 1 heterocycles. The first-order valence-electron chi connectivity index (χ1n) is 6.65. The van der Waals surface area contributed by atoms with Gasteiger partial charge in [0.2, 0.25) is 0 Å². The normalized spacial score (nSPS) is 10.3. The van der Waals surface area contributed by atoms with Gasteiger partial charge in [0, 0.05) is 11.8 Å². The second-order valence-corrected chi connectivity index (χ2v) is 5.63. The van der Waals surface area contributed by atoms with E-state index in [0.717, 1.165) is 11.4 Å². The summed E-state index contributed by atoms with van der Waals surface area (Å²) in [5, 5.41) is 12.7. The van der Waals surface area contributed by atoms with Gasteiger partial charge < -0.3 is 15.2 Å². The molecule has 0 aliphatic rings. The number of ether oxygens (including phenoxy) is 1. The molecular weight excluding hydrogens is 304 g/mol. The Morgan fingerprint density at radius 3 is 2.68 bits per heavy atom. The van der Waals surface area contributed by atoms with Gasteiger partial charge in [0.1, 0.15) is 16.2 Å². The minimum absolute atomic E-state index is 0.0442. The Balaban J connectivity index is 2.24. The van der Waals surface area contributed by atoms with E-state index in [1.807, 2.05) is 6.92 Å². The van der Waals surface area contributed by atoms with E-state index in [9.17, 15) is 9.59 Å². The van der Waals surface area contributed by atoms with Crippen molar-refractivity contribution >= 4 is 28.9 Å². The van der Waals surface area contributed by atoms with Crippen molar-refractivity contribution in [3.05, 3.63) is 39.3 Å². The number of carboxylic acid groups (broad SMARTS) is 1. The third kappa shape index (κ3) is 3.25. The Morgan fingerprint density at radius 2 is 2.14 bits per heavy atom. The van der Waals surface area contributed by atoms with Gasteiger partial charge in [0.05, 0.1) is 17.8 Å². The van der Waals surface area contributed by atoms with Crippen LogP contribution in [0.25, 0.3) is 0 Å². The molecule has 0 unspecified atom stereocenters. The third-order valence-corrected chi connectivity index (χ3v) is 4.34. The highest BCUT2D eigenvalue weighted by Gasteiger charge is 2.16. The number of anilines is 1. The molecule has 7 heteroatoms. The lowest BCUT2D eigenvalue weighted by Crippen LogP contribution is -2.12. The molecule has 0 bridgehead atoms. The Kier molecular flexibility index (Phi) is 4.77. The number of hydrogen-bond acceptors (Lipinski definition) is 5. The van der Waals surface area contributed by atoms with Gasteiger partial charge in [-0.15, -0.1) is 11.3 Å². The van der Waals surface area contributed by atoms with Crippen molar-refractivity contribution in [2.75, 3.05) is 12.4 Å². The topological polar surface area (TPSA) is 88.5 Å². The molecule has 0 radical (unpaired) electrons. The van der Waals surface area contributed by atoms with E-state index >= 15 is 0 Å². The summed E-state index contributed by atoms with van der Waals surface area (Å²) in [7, 11) is 1.38. The van der Waals surface area contributed by atoms with Gasteiger partial charge >= 0.3 is 5.97 Å². The van der Waals surface area contributed by atoms with Gasteiger partial charge in [-0.1, -0.05) is 6.92 Å². The smallest absolute Gasteiger partial charge is 0.339 e. The molecule has 0 fully saturated rings. The fourth-order valence-corrected chi connectivity index (χ4v) is 2.85. The molecule has 1 amide bonds. The number of amides is 1. The number of aryl methyl sites for hydroxylation is 2. The SMILES string of the molecule is CCc1nc(C)c(C(=O)Nc2ccc(C(=O)O)c(OC)c2)s1. The van der Waals surface area contributed by atoms with Crippen LogP contribution in [-0.2, 0) is 6.42 Å². The highest BCUT2D eigenvalue weighted by Crippen LogP contribution is 2.25. The summed E-state index contributed by atoms with van der Waals surface area (Å²) >= 11 is 1.36. The molecule has 0 spiro atoms. The highest BCUT2D eigenvalue weighted by atomic mass is 32.1. The Labute approximate surface area is 131 Å². The summed E-state index contributed by atoms with van der Waals surface area (Å²) in [6.45, 7) is 3.77. The van der Waals surface area contributed by atoms with E-state index in [1.54, 1.807) is 6.92 Å². The maximum atomic E-state index is 12.3. The lowest BCUT2D eigenvalue weighted by atomic mass is 10.2. The number of carbonyl (C=O) groups is 2. The zero-order valence-electron chi connectivity index (χ0n) is 12.5. The molecular formula is C15H16N2O4S. The Morgan fingerprint density at radius 1 is 1.41 bits per heavy atom. The molecule has 22 heavy (non-hydrogen) atoms. The van der Waals surface area contributed by atoms with Crippen molar-refractivity contribution in [3.63, 3.8) is 0 Å². The average Bonchev–Trinajstić information content (AvgIpc) is 2.88. The second kappa shape index (κ2) is 6.57. The highest BCUT2D eigenvalue weighted by molar-refractivity contribution is 7.13. The summed E-state index contributed by atoms with van der Waals surface area (Å²) in [5.41, 5.74) is 1.20. The maximum absolute atomic E-state index is 12.3. The number of thiazole rings is 1. The summed E-state index contributed by atoms with van der Waals surface area (Å²) in [6.07, 6.45) is 0.778. The Hall–Kier alpha value is -2.41. The molecule has 1 aromatic carbocycles. The summed E-state index contributed by atoms with van der Waals surface area (Å²) in [4.78, 5) is 28.2. The van der Waals surface area contributed by atoms with Crippen molar-refractivity contribution < 1.29 is 19.4 Å². The van der Waals surface area contributed by atoms with Crippen LogP contribution in [0.4, 0.5) is 5.69 Å². The standard InChI is InChI=1S/C15H16N2O4S/c1-4-12-16-8(2)13(22-12)14(18)17-9-5-6-10(15(19)20)11(7-9)21-3/h5-7H,4H2,1-3H3,(H,17,18)(H,19,20). The molecule has 0 aliphatic heterocycles. The lowest BCUT2D eigenvalue weighted by molar-refractivity contribution is 0.0693. The first-order valence-corrected chi connectivity index (χ1v) is 7.46. The second-order valence-electron chi connectivity index (χ2n) is 4.55. The number of hydrogen-bond donors (Lipinski definition) is 2. The summed E-state index contributed by atoms with van der Waals surface area (Å²) in [6, 6.07) is 4.41. The van der Waals surface area contributed by atoms with Gasteiger partial charge in [-0.25, -0.2) is 9.78 Å². The average molecular weight is 320 g/mol. The molecule has 2 aromatic rings. The molecule has 0 saturated heterocycles. The van der Waals surface area contributed by atoms with Crippen LogP contribution in [0.3, 0.4) is 0 Å². The van der Waals surface area contributed by atoms with Crippen LogP contribution >= 0.6 is 11.3 Å². The number of nitrogens with zero attached hydrogens (tertiary/aromatic N) is 1. The monoisotopic (exact) mass is 320 g/mol. The third-order valence-electron chi connectivity index (χ3n) is 3.04. The number of carboxylic acids is 1. The number of benzene rings is 1. The minimum Gasteiger partial charge on any atom is -0.496 e. The van der Waals surface area contributed by atoms with Gasteiger partial charge in [-0.3, -0.25) is 4.79 Å². The van der Waals surface area contributed by atoms with Crippen LogP contribution in [0.1, 0.15) is 37.7 Å². The van der Waals surface area contributed by atoms with Gasteiger partial charge in [0.25, 0.3) is 5.91 Å². The van der Waals surface area contributed by atoms with E-state index < -0.39 is 5.97 Å². The maximum Gasteiger partial charge on any atom is 0.339 e. The number of nitrogens with one attached hydrogen (secondary N) is 1. The van der Waals surface area contributed by atoms with E-state index in [2.05, 4.69) is 10.3 Å². The number of methoxy groups -OCH3 is 1. The molecule has 2 rings (SSSR count). The van der Waals surface area contributed by atoms with Crippen LogP contribution in [-0.4, -0.2) is 29.1 Å². The van der Waals surface area contributed by atoms with E-state index in [-0.39, 0.29) is 17.2 Å². The first kappa shape index (κ1) is 16.0. The van der Waals surface area contributed by atoms with Crippen LogP contribution in [0.15, 0.2) is 18.2 Å². The van der Waals surface area contributed by atoms with Gasteiger partial charge in [0.15, 0.2) is 0 Å². The van der Waals surface area contributed by atoms with Crippen LogP contribution in [0, 0.1) is 6.92 Å². The number of aromatic nitrogens is 1. The van der Waals surface area contributed by atoms with Crippen LogP contribution in [0.2, 0.25) is 0 Å².